The van der Waals surface area contributed by atoms with Crippen LogP contribution in [0.15, 0.2) is 72.8 Å². The van der Waals surface area contributed by atoms with Gasteiger partial charge in [-0.05, 0) is 30.9 Å². The molecule has 0 aliphatic rings. The van der Waals surface area contributed by atoms with Gasteiger partial charge in [0.25, 0.3) is 0 Å². The summed E-state index contributed by atoms with van der Waals surface area (Å²) in [6.45, 7) is 3.75. The Bertz CT molecular complexity index is 854. The van der Waals surface area contributed by atoms with Gasteiger partial charge in [-0.1, -0.05) is 66.7 Å². The first-order chi connectivity index (χ1) is 12.1. The van der Waals surface area contributed by atoms with E-state index in [0.29, 0.717) is 0 Å². The molecule has 0 atom stereocenters. The van der Waals surface area contributed by atoms with Crippen molar-refractivity contribution in [3.8, 4) is 0 Å². The molecule has 0 aromatic heterocycles. The van der Waals surface area contributed by atoms with Gasteiger partial charge in [0.1, 0.15) is 12.1 Å². The topological polar surface area (TPSA) is 47.6 Å². The molecule has 0 saturated heterocycles. The molecule has 0 saturated carbocycles. The molecule has 0 heterocycles. The van der Waals surface area contributed by atoms with Crippen molar-refractivity contribution in [2.75, 3.05) is 5.32 Å². The Morgan fingerprint density at radius 3 is 2.40 bits per heavy atom. The second kappa shape index (κ2) is 7.36. The van der Waals surface area contributed by atoms with Gasteiger partial charge in [0.05, 0.1) is 0 Å². The minimum Gasteiger partial charge on any atom is -0.370 e. The van der Waals surface area contributed by atoms with Gasteiger partial charge < -0.3 is 5.32 Å². The molecular formula is C21H21NO3. The third-order valence-corrected chi connectivity index (χ3v) is 3.95. The lowest BCUT2D eigenvalue weighted by atomic mass is 10.0. The predicted molar refractivity (Wildman–Crippen MR) is 99.0 cm³/mol. The minimum absolute atomic E-state index is 0.219. The number of fused-ring (bicyclic) bond motifs is 1. The lowest BCUT2D eigenvalue weighted by Gasteiger charge is -2.25. The Balaban J connectivity index is 1.65. The zero-order chi connectivity index (χ0) is 17.7. The van der Waals surface area contributed by atoms with Gasteiger partial charge >= 0.3 is 5.97 Å². The van der Waals surface area contributed by atoms with Crippen LogP contribution in [0, 0.1) is 0 Å². The maximum absolute atomic E-state index is 12.4. The van der Waals surface area contributed by atoms with Crippen LogP contribution in [0.1, 0.15) is 19.4 Å². The Morgan fingerprint density at radius 2 is 1.60 bits per heavy atom. The Kier molecular flexibility index (Phi) is 5.00. The number of carbonyl (C=O) groups is 1. The quantitative estimate of drug-likeness (QED) is 0.524. The molecular weight excluding hydrogens is 314 g/mol. The Labute approximate surface area is 147 Å². The lowest BCUT2D eigenvalue weighted by Crippen LogP contribution is -2.41. The molecule has 4 nitrogen and oxygen atoms in total. The van der Waals surface area contributed by atoms with Gasteiger partial charge in [0.15, 0.2) is 0 Å². The molecule has 0 aliphatic carbocycles. The molecule has 3 aromatic carbocycles. The lowest BCUT2D eigenvalue weighted by molar-refractivity contribution is -0.283. The fourth-order valence-corrected chi connectivity index (χ4v) is 2.55. The van der Waals surface area contributed by atoms with Crippen molar-refractivity contribution in [1.82, 2.24) is 0 Å². The van der Waals surface area contributed by atoms with Crippen molar-refractivity contribution in [3.63, 3.8) is 0 Å². The van der Waals surface area contributed by atoms with Crippen LogP contribution in [-0.2, 0) is 21.2 Å². The SMILES string of the molecule is CC(C)(Nc1cccc2ccccc12)C(=O)OOCc1ccccc1. The van der Waals surface area contributed by atoms with E-state index in [1.807, 2.05) is 72.8 Å². The van der Waals surface area contributed by atoms with Crippen molar-refractivity contribution in [1.29, 1.82) is 0 Å². The first-order valence-electron chi connectivity index (χ1n) is 8.20. The summed E-state index contributed by atoms with van der Waals surface area (Å²) in [5.41, 5.74) is 0.888. The summed E-state index contributed by atoms with van der Waals surface area (Å²) in [6.07, 6.45) is 0. The van der Waals surface area contributed by atoms with Gasteiger partial charge in [-0.25, -0.2) is 4.79 Å². The molecule has 0 spiro atoms. The van der Waals surface area contributed by atoms with E-state index >= 15 is 0 Å². The van der Waals surface area contributed by atoms with Crippen molar-refractivity contribution < 1.29 is 14.6 Å². The maximum atomic E-state index is 12.4. The van der Waals surface area contributed by atoms with Crippen LogP contribution >= 0.6 is 0 Å². The molecule has 0 fully saturated rings. The van der Waals surface area contributed by atoms with Crippen LogP contribution in [-0.4, -0.2) is 11.5 Å². The number of anilines is 1. The van der Waals surface area contributed by atoms with E-state index in [2.05, 4.69) is 5.32 Å². The summed E-state index contributed by atoms with van der Waals surface area (Å²) >= 11 is 0. The van der Waals surface area contributed by atoms with Crippen LogP contribution in [0.4, 0.5) is 5.69 Å². The number of nitrogens with one attached hydrogen (secondary N) is 1. The molecule has 0 radical (unpaired) electrons. The standard InChI is InChI=1S/C21H21NO3/c1-21(2,20(23)25-24-15-16-9-4-3-5-10-16)22-19-14-8-12-17-11-6-7-13-18(17)19/h3-14,22H,15H2,1-2H3. The number of rotatable bonds is 6. The monoisotopic (exact) mass is 335 g/mol. The van der Waals surface area contributed by atoms with E-state index in [9.17, 15) is 4.79 Å². The number of benzene rings is 3. The first kappa shape index (κ1) is 17.0. The summed E-state index contributed by atoms with van der Waals surface area (Å²) in [4.78, 5) is 22.5. The van der Waals surface area contributed by atoms with Gasteiger partial charge in [0.2, 0.25) is 0 Å². The molecule has 0 amide bonds. The molecule has 3 rings (SSSR count). The van der Waals surface area contributed by atoms with E-state index in [1.54, 1.807) is 13.8 Å². The van der Waals surface area contributed by atoms with E-state index in [1.165, 1.54) is 0 Å². The highest BCUT2D eigenvalue weighted by Crippen LogP contribution is 2.26. The van der Waals surface area contributed by atoms with Gasteiger partial charge in [0, 0.05) is 11.1 Å². The van der Waals surface area contributed by atoms with Crippen LogP contribution in [0.5, 0.6) is 0 Å². The van der Waals surface area contributed by atoms with Crippen LogP contribution in [0.25, 0.3) is 10.8 Å². The average molecular weight is 335 g/mol. The zero-order valence-electron chi connectivity index (χ0n) is 14.4. The fraction of sp³-hybridized carbons (Fsp3) is 0.190. The van der Waals surface area contributed by atoms with Gasteiger partial charge in [-0.15, -0.1) is 0 Å². The van der Waals surface area contributed by atoms with E-state index in [4.69, 9.17) is 9.78 Å². The highest BCUT2D eigenvalue weighted by molar-refractivity contribution is 5.96. The largest absolute Gasteiger partial charge is 0.370 e. The van der Waals surface area contributed by atoms with Crippen LogP contribution in [0.2, 0.25) is 0 Å². The smallest absolute Gasteiger partial charge is 0.366 e. The van der Waals surface area contributed by atoms with Gasteiger partial charge in [-0.2, -0.15) is 4.89 Å². The average Bonchev–Trinajstić information content (AvgIpc) is 2.62. The Hall–Kier alpha value is -2.85. The maximum Gasteiger partial charge on any atom is 0.366 e. The van der Waals surface area contributed by atoms with Crippen molar-refractivity contribution in [2.24, 2.45) is 0 Å². The van der Waals surface area contributed by atoms with Crippen molar-refractivity contribution >= 4 is 22.4 Å². The second-order valence-corrected chi connectivity index (χ2v) is 6.40. The molecule has 4 heteroatoms. The van der Waals surface area contributed by atoms with Crippen LogP contribution < -0.4 is 5.32 Å². The summed E-state index contributed by atoms with van der Waals surface area (Å²) in [7, 11) is 0. The molecule has 1 N–H and O–H groups in total. The van der Waals surface area contributed by atoms with E-state index in [-0.39, 0.29) is 6.61 Å². The summed E-state index contributed by atoms with van der Waals surface area (Å²) < 4.78 is 0. The third kappa shape index (κ3) is 4.17. The number of hydrogen-bond acceptors (Lipinski definition) is 4. The number of carbonyl (C=O) groups excluding carboxylic acids is 1. The van der Waals surface area contributed by atoms with Crippen molar-refractivity contribution in [2.45, 2.75) is 26.0 Å². The van der Waals surface area contributed by atoms with Crippen molar-refractivity contribution in [3.05, 3.63) is 78.4 Å². The molecule has 128 valence electrons. The second-order valence-electron chi connectivity index (χ2n) is 6.40. The molecule has 25 heavy (non-hydrogen) atoms. The summed E-state index contributed by atoms with van der Waals surface area (Å²) in [5.74, 6) is -0.476. The minimum atomic E-state index is -0.930. The molecule has 0 aliphatic heterocycles. The highest BCUT2D eigenvalue weighted by atomic mass is 17.2. The summed E-state index contributed by atoms with van der Waals surface area (Å²) in [5, 5.41) is 5.42. The first-order valence-corrected chi connectivity index (χ1v) is 8.20. The third-order valence-electron chi connectivity index (χ3n) is 3.95. The zero-order valence-corrected chi connectivity index (χ0v) is 14.4. The van der Waals surface area contributed by atoms with E-state index in [0.717, 1.165) is 22.0 Å². The normalized spacial score (nSPS) is 11.3. The Morgan fingerprint density at radius 1 is 0.920 bits per heavy atom. The van der Waals surface area contributed by atoms with E-state index < -0.39 is 11.5 Å². The number of hydrogen-bond donors (Lipinski definition) is 1. The van der Waals surface area contributed by atoms with Crippen LogP contribution in [0.3, 0.4) is 0 Å². The molecule has 0 unspecified atom stereocenters. The molecule has 0 bridgehead atoms. The van der Waals surface area contributed by atoms with Gasteiger partial charge in [-0.3, -0.25) is 4.89 Å². The fourth-order valence-electron chi connectivity index (χ4n) is 2.55. The highest BCUT2D eigenvalue weighted by Gasteiger charge is 2.31. The summed E-state index contributed by atoms with van der Waals surface area (Å²) in [6, 6.07) is 23.5. The molecule has 3 aromatic rings. The predicted octanol–water partition coefficient (Wildman–Crippen LogP) is 4.71.